The monoisotopic (exact) mass is 322 g/mol. The van der Waals surface area contributed by atoms with Crippen LogP contribution in [0.5, 0.6) is 6.01 Å². The molecule has 0 aromatic carbocycles. The summed E-state index contributed by atoms with van der Waals surface area (Å²) in [6.07, 6.45) is -4.49. The van der Waals surface area contributed by atoms with E-state index in [1.54, 1.807) is 19.1 Å². The van der Waals surface area contributed by atoms with Gasteiger partial charge in [0.1, 0.15) is 11.5 Å². The van der Waals surface area contributed by atoms with Crippen LogP contribution in [0.1, 0.15) is 11.5 Å². The number of alkyl halides is 3. The van der Waals surface area contributed by atoms with Crippen LogP contribution in [0, 0.1) is 6.92 Å². The van der Waals surface area contributed by atoms with E-state index in [-0.39, 0.29) is 17.8 Å². The number of hydrogen-bond acceptors (Lipinski definition) is 6. The molecule has 10 heteroatoms. The van der Waals surface area contributed by atoms with Gasteiger partial charge >= 0.3 is 12.2 Å². The van der Waals surface area contributed by atoms with Gasteiger partial charge < -0.3 is 14.5 Å². The number of aromatic nitrogens is 3. The number of rotatable bonds is 5. The molecule has 0 saturated heterocycles. The van der Waals surface area contributed by atoms with E-state index in [4.69, 9.17) is 16.0 Å². The summed E-state index contributed by atoms with van der Waals surface area (Å²) in [6, 6.07) is 3.01. The molecule has 2 aromatic rings. The lowest BCUT2D eigenvalue weighted by atomic mass is 10.4. The van der Waals surface area contributed by atoms with Crippen LogP contribution in [0.25, 0.3) is 0 Å². The summed E-state index contributed by atoms with van der Waals surface area (Å²) in [4.78, 5) is 10.9. The third kappa shape index (κ3) is 5.10. The molecule has 114 valence electrons. The number of nitrogens with one attached hydrogen (secondary N) is 1. The second-order valence-electron chi connectivity index (χ2n) is 3.98. The first-order valence-corrected chi connectivity index (χ1v) is 6.10. The maximum Gasteiger partial charge on any atom is 0.422 e. The van der Waals surface area contributed by atoms with Gasteiger partial charge in [-0.1, -0.05) is 0 Å². The van der Waals surface area contributed by atoms with Gasteiger partial charge in [0, 0.05) is 0 Å². The summed E-state index contributed by atoms with van der Waals surface area (Å²) in [7, 11) is 0. The van der Waals surface area contributed by atoms with Crippen molar-refractivity contribution in [2.24, 2.45) is 0 Å². The predicted octanol–water partition coefficient (Wildman–Crippen LogP) is 2.98. The number of anilines is 1. The van der Waals surface area contributed by atoms with E-state index in [0.29, 0.717) is 5.76 Å². The van der Waals surface area contributed by atoms with Gasteiger partial charge in [-0.25, -0.2) is 0 Å². The Hall–Kier alpha value is -2.03. The molecule has 0 radical (unpaired) electrons. The zero-order valence-electron chi connectivity index (χ0n) is 10.7. The van der Waals surface area contributed by atoms with Gasteiger partial charge in [-0.2, -0.15) is 28.1 Å². The summed E-state index contributed by atoms with van der Waals surface area (Å²) < 4.78 is 45.9. The van der Waals surface area contributed by atoms with Crippen LogP contribution in [0.4, 0.5) is 19.1 Å². The fourth-order valence-corrected chi connectivity index (χ4v) is 1.52. The Morgan fingerprint density at radius 3 is 2.67 bits per heavy atom. The Morgan fingerprint density at radius 1 is 1.29 bits per heavy atom. The highest BCUT2D eigenvalue weighted by atomic mass is 35.5. The molecule has 1 N–H and O–H groups in total. The molecule has 0 amide bonds. The van der Waals surface area contributed by atoms with E-state index < -0.39 is 18.8 Å². The Morgan fingerprint density at radius 2 is 2.05 bits per heavy atom. The summed E-state index contributed by atoms with van der Waals surface area (Å²) in [5, 5.41) is 2.47. The van der Waals surface area contributed by atoms with Crippen molar-refractivity contribution in [2.45, 2.75) is 19.6 Å². The fraction of sp³-hybridized carbons (Fsp3) is 0.364. The highest BCUT2D eigenvalue weighted by Crippen LogP contribution is 2.18. The van der Waals surface area contributed by atoms with Crippen molar-refractivity contribution in [1.29, 1.82) is 0 Å². The van der Waals surface area contributed by atoms with Crippen LogP contribution in [-0.2, 0) is 6.54 Å². The molecular formula is C11H10ClF3N4O2. The fourth-order valence-electron chi connectivity index (χ4n) is 1.37. The molecule has 6 nitrogen and oxygen atoms in total. The molecule has 0 aliphatic rings. The molecule has 2 heterocycles. The van der Waals surface area contributed by atoms with Gasteiger partial charge in [0.2, 0.25) is 11.2 Å². The van der Waals surface area contributed by atoms with Crippen LogP contribution in [0.15, 0.2) is 16.5 Å². The quantitative estimate of drug-likeness (QED) is 0.912. The summed E-state index contributed by atoms with van der Waals surface area (Å²) in [5.74, 6) is 1.33. The molecule has 0 saturated carbocycles. The Labute approximate surface area is 122 Å². The predicted molar refractivity (Wildman–Crippen MR) is 67.2 cm³/mol. The van der Waals surface area contributed by atoms with E-state index in [2.05, 4.69) is 25.0 Å². The molecule has 0 atom stereocenters. The Kier molecular flexibility index (Phi) is 4.51. The first-order chi connectivity index (χ1) is 9.82. The Bertz CT molecular complexity index is 618. The van der Waals surface area contributed by atoms with Crippen LogP contribution >= 0.6 is 11.6 Å². The maximum absolute atomic E-state index is 12.1. The summed E-state index contributed by atoms with van der Waals surface area (Å²) >= 11 is 5.60. The van der Waals surface area contributed by atoms with Crippen LogP contribution < -0.4 is 10.1 Å². The van der Waals surface area contributed by atoms with E-state index in [1.165, 1.54) is 0 Å². The number of halogens is 4. The Balaban J connectivity index is 2.01. The smallest absolute Gasteiger partial charge is 0.422 e. The molecule has 0 aliphatic carbocycles. The number of hydrogen-bond donors (Lipinski definition) is 1. The van der Waals surface area contributed by atoms with Crippen molar-refractivity contribution in [1.82, 2.24) is 15.0 Å². The van der Waals surface area contributed by atoms with Crippen LogP contribution in [0.2, 0.25) is 5.28 Å². The van der Waals surface area contributed by atoms with E-state index in [0.717, 1.165) is 5.76 Å². The zero-order chi connectivity index (χ0) is 15.5. The number of ether oxygens (including phenoxy) is 1. The SMILES string of the molecule is Cc1ccc(CNc2nc(Cl)nc(OCC(F)(F)F)n2)o1. The second-order valence-corrected chi connectivity index (χ2v) is 4.32. The second kappa shape index (κ2) is 6.17. The van der Waals surface area contributed by atoms with Crippen molar-refractivity contribution >= 4 is 17.5 Å². The van der Waals surface area contributed by atoms with Crippen molar-refractivity contribution in [3.05, 3.63) is 28.9 Å². The normalized spacial score (nSPS) is 11.5. The largest absolute Gasteiger partial charge is 0.465 e. The lowest BCUT2D eigenvalue weighted by Crippen LogP contribution is -2.20. The van der Waals surface area contributed by atoms with E-state index in [9.17, 15) is 13.2 Å². The molecule has 0 bridgehead atoms. The summed E-state index contributed by atoms with van der Waals surface area (Å²) in [6.45, 7) is 0.517. The third-order valence-corrected chi connectivity index (χ3v) is 2.34. The van der Waals surface area contributed by atoms with Crippen molar-refractivity contribution in [3.63, 3.8) is 0 Å². The molecule has 2 rings (SSSR count). The number of furan rings is 1. The number of aryl methyl sites for hydroxylation is 1. The molecular weight excluding hydrogens is 313 g/mol. The van der Waals surface area contributed by atoms with Crippen molar-refractivity contribution in [2.75, 3.05) is 11.9 Å². The van der Waals surface area contributed by atoms with Crippen LogP contribution in [-0.4, -0.2) is 27.7 Å². The van der Waals surface area contributed by atoms with Crippen LogP contribution in [0.3, 0.4) is 0 Å². The number of nitrogens with zero attached hydrogens (tertiary/aromatic N) is 3. The summed E-state index contributed by atoms with van der Waals surface area (Å²) in [5.41, 5.74) is 0. The average molecular weight is 323 g/mol. The molecule has 21 heavy (non-hydrogen) atoms. The zero-order valence-corrected chi connectivity index (χ0v) is 11.5. The molecule has 2 aromatic heterocycles. The third-order valence-electron chi connectivity index (χ3n) is 2.17. The first-order valence-electron chi connectivity index (χ1n) is 5.72. The minimum atomic E-state index is -4.49. The van der Waals surface area contributed by atoms with Gasteiger partial charge in [0.25, 0.3) is 0 Å². The van der Waals surface area contributed by atoms with Gasteiger partial charge in [0.05, 0.1) is 6.54 Å². The van der Waals surface area contributed by atoms with E-state index >= 15 is 0 Å². The first kappa shape index (κ1) is 15.4. The molecule has 0 fully saturated rings. The molecule has 0 aliphatic heterocycles. The average Bonchev–Trinajstić information content (AvgIpc) is 2.79. The van der Waals surface area contributed by atoms with E-state index in [1.807, 2.05) is 0 Å². The van der Waals surface area contributed by atoms with Gasteiger partial charge in [0.15, 0.2) is 6.61 Å². The lowest BCUT2D eigenvalue weighted by molar-refractivity contribution is -0.154. The minimum Gasteiger partial charge on any atom is -0.465 e. The lowest BCUT2D eigenvalue weighted by Gasteiger charge is -2.09. The van der Waals surface area contributed by atoms with Crippen molar-refractivity contribution < 1.29 is 22.3 Å². The highest BCUT2D eigenvalue weighted by molar-refractivity contribution is 6.28. The van der Waals surface area contributed by atoms with Crippen molar-refractivity contribution in [3.8, 4) is 6.01 Å². The van der Waals surface area contributed by atoms with Gasteiger partial charge in [-0.05, 0) is 30.7 Å². The topological polar surface area (TPSA) is 73.1 Å². The minimum absolute atomic E-state index is 0.0128. The maximum atomic E-state index is 12.1. The molecule has 0 unspecified atom stereocenters. The highest BCUT2D eigenvalue weighted by Gasteiger charge is 2.29. The standard InChI is InChI=1S/C11H10ClF3N4O2/c1-6-2-3-7(21-6)4-16-9-17-8(12)18-10(19-9)20-5-11(13,14)15/h2-3H,4-5H2,1H3,(H,16,17,18,19). The van der Waals surface area contributed by atoms with Gasteiger partial charge in [-0.3, -0.25) is 0 Å². The van der Waals surface area contributed by atoms with Gasteiger partial charge in [-0.15, -0.1) is 0 Å². The molecule has 0 spiro atoms.